The molecule has 6 aliphatic carbocycles. The molecule has 9 heterocycles. The summed E-state index contributed by atoms with van der Waals surface area (Å²) in [6.45, 7) is 8.51. The first-order chi connectivity index (χ1) is 29.7. The average Bonchev–Trinajstić information content (AvgIpc) is 3.72. The first-order valence-corrected chi connectivity index (χ1v) is 24.8. The Morgan fingerprint density at radius 3 is 2.72 bits per heavy atom. The molecular weight excluding hydrogens is 759 g/mol. The zero-order chi connectivity index (χ0) is 41.2. The summed E-state index contributed by atoms with van der Waals surface area (Å²) in [6.07, 6.45) is 23.6. The summed E-state index contributed by atoms with van der Waals surface area (Å²) < 4.78 is 14.1. The van der Waals surface area contributed by atoms with Crippen molar-refractivity contribution >= 4 is 11.9 Å². The Bertz CT molecular complexity index is 2300. The van der Waals surface area contributed by atoms with E-state index in [-0.39, 0.29) is 35.6 Å². The van der Waals surface area contributed by atoms with Crippen molar-refractivity contribution in [1.82, 2.24) is 9.80 Å². The molecule has 1 unspecified atom stereocenters. The minimum atomic E-state index is -1.13. The van der Waals surface area contributed by atoms with Gasteiger partial charge in [0.1, 0.15) is 11.2 Å². The summed E-state index contributed by atoms with van der Waals surface area (Å²) in [7, 11) is 0. The van der Waals surface area contributed by atoms with E-state index >= 15 is 4.79 Å². The van der Waals surface area contributed by atoms with Crippen LogP contribution in [0.15, 0.2) is 75.9 Å². The third kappa shape index (κ3) is 4.65. The second-order valence-corrected chi connectivity index (χ2v) is 22.3. The molecule has 3 saturated carbocycles. The van der Waals surface area contributed by atoms with Gasteiger partial charge in [-0.2, -0.15) is 0 Å². The Morgan fingerprint density at radius 1 is 1.00 bits per heavy atom. The number of piperidine rings is 2. The molecule has 3 spiro atoms. The van der Waals surface area contributed by atoms with Gasteiger partial charge in [0, 0.05) is 55.2 Å². The van der Waals surface area contributed by atoms with Gasteiger partial charge in [0.25, 0.3) is 0 Å². The molecule has 9 aliphatic heterocycles. The van der Waals surface area contributed by atoms with Gasteiger partial charge in [0.05, 0.1) is 17.0 Å². The highest BCUT2D eigenvalue weighted by Gasteiger charge is 2.93. The van der Waals surface area contributed by atoms with Crippen LogP contribution in [0.5, 0.6) is 0 Å². The fourth-order valence-electron chi connectivity index (χ4n) is 17.4. The van der Waals surface area contributed by atoms with Crippen molar-refractivity contribution in [1.29, 1.82) is 0 Å². The summed E-state index contributed by atoms with van der Waals surface area (Å²) in [5, 5.41) is 13.2. The van der Waals surface area contributed by atoms with Crippen LogP contribution in [0.1, 0.15) is 132 Å². The minimum absolute atomic E-state index is 0.144. The lowest BCUT2D eigenvalue weighted by Gasteiger charge is -2.72. The van der Waals surface area contributed by atoms with E-state index in [4.69, 9.17) is 15.2 Å². The third-order valence-electron chi connectivity index (χ3n) is 19.4. The first kappa shape index (κ1) is 37.9. The number of hydrogen-bond donors (Lipinski definition) is 2. The van der Waals surface area contributed by atoms with Crippen molar-refractivity contribution in [2.75, 3.05) is 26.2 Å². The molecule has 8 heteroatoms. The molecule has 0 amide bonds. The SMILES string of the molecule is C[C@H]1CCC2=C[C@@H]3[C@@H]4C5=C2[C@]26C(=O)O/C(=C(\O)C[C@H](CC7CCCCC7)N7C[C@H]8C[C@@H](C7)[C@@H]7C=CC(=C4N7C8)C[C@H]3C)[C@@]2(CC5)[C@]2(OC(=O)c3c(CCCN)cccc32)[C@H]6C1. The number of esters is 2. The molecule has 6 fully saturated rings. The van der Waals surface area contributed by atoms with Crippen molar-refractivity contribution in [3.8, 4) is 0 Å². The number of ether oxygens (including phenoxy) is 2. The van der Waals surface area contributed by atoms with Crippen LogP contribution >= 0.6 is 0 Å². The lowest BCUT2D eigenvalue weighted by molar-refractivity contribution is -0.279. The lowest BCUT2D eigenvalue weighted by atomic mass is 9.28. The number of aliphatic hydroxyl groups excluding tert-OH is 1. The Kier molecular flexibility index (Phi) is 8.21. The second-order valence-electron chi connectivity index (χ2n) is 22.3. The molecule has 16 rings (SSSR count). The Balaban J connectivity index is 1.09. The number of nitrogens with two attached hydrogens (primary N) is 1. The normalized spacial score (nSPS) is 45.0. The number of fused-ring (bicyclic) bond motifs is 3. The Hall–Kier alpha value is -3.62. The molecule has 61 heavy (non-hydrogen) atoms. The van der Waals surface area contributed by atoms with Crippen molar-refractivity contribution in [3.05, 3.63) is 92.6 Å². The highest BCUT2D eigenvalue weighted by atomic mass is 16.6. The molecule has 3 saturated heterocycles. The van der Waals surface area contributed by atoms with Gasteiger partial charge >= 0.3 is 11.9 Å². The monoisotopic (exact) mass is 823 g/mol. The molecule has 13 atom stereocenters. The van der Waals surface area contributed by atoms with Gasteiger partial charge < -0.3 is 25.2 Å². The predicted molar refractivity (Wildman–Crippen MR) is 233 cm³/mol. The van der Waals surface area contributed by atoms with Crippen molar-refractivity contribution in [2.45, 2.75) is 134 Å². The van der Waals surface area contributed by atoms with Crippen LogP contribution in [0.3, 0.4) is 0 Å². The van der Waals surface area contributed by atoms with Gasteiger partial charge in [-0.05, 0) is 129 Å². The highest BCUT2D eigenvalue weighted by molar-refractivity contribution is 6.01. The zero-order valence-corrected chi connectivity index (χ0v) is 36.4. The minimum Gasteiger partial charge on any atom is -0.509 e. The van der Waals surface area contributed by atoms with Crippen LogP contribution in [-0.2, 0) is 26.3 Å². The van der Waals surface area contributed by atoms with Crippen LogP contribution in [0.2, 0.25) is 0 Å². The van der Waals surface area contributed by atoms with E-state index in [2.05, 4.69) is 60.1 Å². The summed E-state index contributed by atoms with van der Waals surface area (Å²) in [4.78, 5) is 36.4. The van der Waals surface area contributed by atoms with E-state index < -0.39 is 16.4 Å². The Labute approximate surface area is 361 Å². The highest BCUT2D eigenvalue weighted by Crippen LogP contribution is 2.88. The van der Waals surface area contributed by atoms with Crippen molar-refractivity contribution in [3.63, 3.8) is 0 Å². The molecule has 322 valence electrons. The number of carbonyl (C=O) groups excluding carboxylic acids is 2. The van der Waals surface area contributed by atoms with Crippen LogP contribution in [0, 0.1) is 58.2 Å². The number of carbonyl (C=O) groups is 2. The van der Waals surface area contributed by atoms with Gasteiger partial charge in [-0.15, -0.1) is 0 Å². The molecule has 3 N–H and O–H groups in total. The maximum absolute atomic E-state index is 15.9. The number of benzene rings is 1. The maximum atomic E-state index is 15.9. The summed E-state index contributed by atoms with van der Waals surface area (Å²) in [6, 6.07) is 6.80. The van der Waals surface area contributed by atoms with Gasteiger partial charge in [0.2, 0.25) is 0 Å². The molecule has 8 nitrogen and oxygen atoms in total. The fourth-order valence-corrected chi connectivity index (χ4v) is 17.4. The molecule has 12 bridgehead atoms. The Morgan fingerprint density at radius 2 is 1.87 bits per heavy atom. The number of allylic oxidation sites excluding steroid dienone is 5. The third-order valence-corrected chi connectivity index (χ3v) is 19.4. The first-order valence-electron chi connectivity index (χ1n) is 24.8. The van der Waals surface area contributed by atoms with Crippen LogP contribution in [0.4, 0.5) is 0 Å². The molecule has 1 aromatic carbocycles. The fraction of sp³-hybridized carbons (Fsp3) is 0.660. The quantitative estimate of drug-likeness (QED) is 0.284. The molecule has 15 aliphatic rings. The van der Waals surface area contributed by atoms with Crippen LogP contribution < -0.4 is 5.73 Å². The number of hydrogen-bond acceptors (Lipinski definition) is 8. The van der Waals surface area contributed by atoms with Crippen molar-refractivity contribution < 1.29 is 24.2 Å². The topological polar surface area (TPSA) is 105 Å². The van der Waals surface area contributed by atoms with Crippen molar-refractivity contribution in [2.24, 2.45) is 63.9 Å². The summed E-state index contributed by atoms with van der Waals surface area (Å²) in [5.74, 6) is 2.96. The summed E-state index contributed by atoms with van der Waals surface area (Å²) >= 11 is 0. The average molecular weight is 824 g/mol. The second kappa shape index (κ2) is 13.2. The smallest absolute Gasteiger partial charge is 0.339 e. The molecular formula is C53H65N3O5. The number of aryl methyl sites for hydroxylation is 1. The maximum Gasteiger partial charge on any atom is 0.339 e. The number of rotatable bonds is 5. The van der Waals surface area contributed by atoms with Crippen LogP contribution in [-0.4, -0.2) is 65.1 Å². The van der Waals surface area contributed by atoms with E-state index in [1.54, 1.807) is 5.70 Å². The van der Waals surface area contributed by atoms with E-state index in [1.807, 2.05) is 0 Å². The summed E-state index contributed by atoms with van der Waals surface area (Å²) in [5.41, 5.74) is 12.5. The van der Waals surface area contributed by atoms with E-state index in [1.165, 1.54) is 60.8 Å². The lowest BCUT2D eigenvalue weighted by Crippen LogP contribution is -2.77. The molecule has 0 aromatic heterocycles. The van der Waals surface area contributed by atoms with E-state index in [9.17, 15) is 9.90 Å². The van der Waals surface area contributed by atoms with E-state index in [0.717, 1.165) is 75.7 Å². The molecule has 1 aromatic rings. The van der Waals surface area contributed by atoms with Gasteiger partial charge in [-0.1, -0.05) is 88.0 Å². The predicted octanol–water partition coefficient (Wildman–Crippen LogP) is 9.18. The van der Waals surface area contributed by atoms with Crippen LogP contribution in [0.25, 0.3) is 0 Å². The van der Waals surface area contributed by atoms with E-state index in [0.29, 0.717) is 78.7 Å². The molecule has 0 radical (unpaired) electrons. The van der Waals surface area contributed by atoms with Gasteiger partial charge in [-0.25, -0.2) is 4.79 Å². The largest absolute Gasteiger partial charge is 0.509 e. The van der Waals surface area contributed by atoms with Gasteiger partial charge in [-0.3, -0.25) is 9.69 Å². The number of nitrogens with zero attached hydrogens (tertiary/aromatic N) is 2. The zero-order valence-electron chi connectivity index (χ0n) is 36.4. The number of aliphatic hydroxyl groups is 1. The van der Waals surface area contributed by atoms with Gasteiger partial charge in [0.15, 0.2) is 11.4 Å². The standard InChI is InChI=1S/C53H65N3O5/c1-29-13-14-34-24-39-30(2)21-35-15-16-41-36-22-32-26-55(28-36)37(23-31-8-4-3-5-9-31)25-42(57)48-51-18-17-38(45(39)47(35)56(41)27-32)46(34)52(51,50(59)60-48)43(20-29)53(51)40-12-6-10-33(11-7-19-54)44(40)49(58)61-53/h6,10,12,15-16,24,29-32,36-37,39,41,43,45,57H,3-5,7-9,11,13-14,17-23,25-28,54H2,1-2H3/b48-42-/t29-,30+,32+,36-,37-,39-,41-,43-,45-,51+,52+,53+/m0/s1.